The quantitative estimate of drug-likeness (QED) is 0.356. The lowest BCUT2D eigenvalue weighted by molar-refractivity contribution is -0.147. The van der Waals surface area contributed by atoms with Gasteiger partial charge in [0.25, 0.3) is 0 Å². The number of nitrogens with one attached hydrogen (secondary N) is 1. The Labute approximate surface area is 89.0 Å². The number of nitrogens with two attached hydrogens (primary N) is 1. The maximum Gasteiger partial charge on any atom is 0.308 e. The first-order chi connectivity index (χ1) is 7.10. The van der Waals surface area contributed by atoms with Crippen LogP contribution in [-0.2, 0) is 14.3 Å². The van der Waals surface area contributed by atoms with Crippen LogP contribution in [0.1, 0.15) is 12.8 Å². The van der Waals surface area contributed by atoms with Crippen LogP contribution in [0.4, 0.5) is 0 Å². The number of carbonyl (C=O) groups is 2. The third kappa shape index (κ3) is 7.45. The van der Waals surface area contributed by atoms with Crippen molar-refractivity contribution in [3.63, 3.8) is 0 Å². The van der Waals surface area contributed by atoms with Gasteiger partial charge in [0.1, 0.15) is 0 Å². The topological polar surface area (TPSA) is 81.4 Å². The monoisotopic (exact) mass is 212 g/mol. The maximum absolute atomic E-state index is 11.0. The van der Waals surface area contributed by atoms with Crippen molar-refractivity contribution in [3.05, 3.63) is 25.3 Å². The van der Waals surface area contributed by atoms with E-state index in [0.717, 1.165) is 0 Å². The minimum absolute atomic E-state index is 0.00448. The van der Waals surface area contributed by atoms with Gasteiger partial charge in [-0.2, -0.15) is 0 Å². The predicted molar refractivity (Wildman–Crippen MR) is 56.7 cm³/mol. The highest BCUT2D eigenvalue weighted by molar-refractivity contribution is 5.81. The van der Waals surface area contributed by atoms with Crippen LogP contribution in [-0.4, -0.2) is 24.6 Å². The number of amides is 1. The van der Waals surface area contributed by atoms with Gasteiger partial charge in [0.15, 0.2) is 6.23 Å². The molecule has 0 aliphatic rings. The summed E-state index contributed by atoms with van der Waals surface area (Å²) in [5.74, 6) is -0.741. The first kappa shape index (κ1) is 13.4. The van der Waals surface area contributed by atoms with Crippen molar-refractivity contribution in [3.8, 4) is 0 Å². The first-order valence-corrected chi connectivity index (χ1v) is 4.55. The lowest BCUT2D eigenvalue weighted by atomic mass is 10.3. The predicted octanol–water partition coefficient (Wildman–Crippen LogP) is 0.0828. The summed E-state index contributed by atoms with van der Waals surface area (Å²) in [5, 5.41) is 2.54. The number of carbonyl (C=O) groups excluding carboxylic acids is 2. The standard InChI is InChI=1S/C10H16N2O3/c1-3-7-12-9(13)5-6-10(14)15-8(11)4-2/h3-4,8H,1-2,5-7,11H2,(H,12,13). The molecule has 0 aliphatic heterocycles. The Bertz CT molecular complexity index is 251. The van der Waals surface area contributed by atoms with Gasteiger partial charge in [-0.25, -0.2) is 0 Å². The van der Waals surface area contributed by atoms with Gasteiger partial charge in [-0.05, 0) is 6.08 Å². The largest absolute Gasteiger partial charge is 0.443 e. The van der Waals surface area contributed by atoms with Crippen molar-refractivity contribution in [2.75, 3.05) is 6.54 Å². The highest BCUT2D eigenvalue weighted by atomic mass is 16.6. The van der Waals surface area contributed by atoms with Crippen molar-refractivity contribution >= 4 is 11.9 Å². The number of rotatable bonds is 7. The fourth-order valence-electron chi connectivity index (χ4n) is 0.749. The summed E-state index contributed by atoms with van der Waals surface area (Å²) in [4.78, 5) is 22.1. The summed E-state index contributed by atoms with van der Waals surface area (Å²) in [5.41, 5.74) is 5.29. The van der Waals surface area contributed by atoms with Crippen LogP contribution in [0.3, 0.4) is 0 Å². The summed E-state index contributed by atoms with van der Waals surface area (Å²) in [6, 6.07) is 0. The molecule has 0 aliphatic carbocycles. The summed E-state index contributed by atoms with van der Waals surface area (Å²) in [6.45, 7) is 7.19. The van der Waals surface area contributed by atoms with E-state index in [1.807, 2.05) is 0 Å². The molecule has 0 saturated carbocycles. The number of ether oxygens (including phenoxy) is 1. The van der Waals surface area contributed by atoms with Crippen molar-refractivity contribution < 1.29 is 14.3 Å². The Morgan fingerprint density at radius 2 is 2.07 bits per heavy atom. The van der Waals surface area contributed by atoms with Crippen molar-refractivity contribution in [1.82, 2.24) is 5.32 Å². The Morgan fingerprint density at radius 3 is 2.60 bits per heavy atom. The van der Waals surface area contributed by atoms with E-state index in [2.05, 4.69) is 23.2 Å². The molecule has 0 heterocycles. The van der Waals surface area contributed by atoms with Crippen LogP contribution in [0, 0.1) is 0 Å². The molecule has 0 bridgehead atoms. The van der Waals surface area contributed by atoms with E-state index in [1.54, 1.807) is 6.08 Å². The van der Waals surface area contributed by atoms with Crippen molar-refractivity contribution in [1.29, 1.82) is 0 Å². The van der Waals surface area contributed by atoms with Crippen LogP contribution in [0.2, 0.25) is 0 Å². The molecule has 5 nitrogen and oxygen atoms in total. The van der Waals surface area contributed by atoms with Crippen LogP contribution in [0.25, 0.3) is 0 Å². The lowest BCUT2D eigenvalue weighted by Gasteiger charge is -2.08. The molecule has 0 fully saturated rings. The van der Waals surface area contributed by atoms with Gasteiger partial charge in [0.2, 0.25) is 5.91 Å². The number of hydrogen-bond acceptors (Lipinski definition) is 4. The van der Waals surface area contributed by atoms with Gasteiger partial charge < -0.3 is 10.1 Å². The van der Waals surface area contributed by atoms with Gasteiger partial charge in [0.05, 0.1) is 6.42 Å². The third-order valence-electron chi connectivity index (χ3n) is 1.50. The Balaban J connectivity index is 3.65. The SMILES string of the molecule is C=CCNC(=O)CCC(=O)OC(N)C=C. The number of esters is 1. The molecule has 0 radical (unpaired) electrons. The third-order valence-corrected chi connectivity index (χ3v) is 1.50. The van der Waals surface area contributed by atoms with Gasteiger partial charge in [0, 0.05) is 13.0 Å². The van der Waals surface area contributed by atoms with Crippen molar-refractivity contribution in [2.45, 2.75) is 19.1 Å². The molecule has 1 unspecified atom stereocenters. The zero-order chi connectivity index (χ0) is 11.7. The normalized spacial score (nSPS) is 11.3. The Hall–Kier alpha value is -1.62. The van der Waals surface area contributed by atoms with Crippen LogP contribution >= 0.6 is 0 Å². The minimum atomic E-state index is -0.811. The average molecular weight is 212 g/mol. The number of hydrogen-bond donors (Lipinski definition) is 2. The van der Waals surface area contributed by atoms with E-state index in [0.29, 0.717) is 6.54 Å². The second-order valence-electron chi connectivity index (χ2n) is 2.78. The smallest absolute Gasteiger partial charge is 0.308 e. The summed E-state index contributed by atoms with van der Waals surface area (Å²) in [7, 11) is 0. The molecule has 0 aromatic carbocycles. The zero-order valence-electron chi connectivity index (χ0n) is 8.57. The molecule has 84 valence electrons. The zero-order valence-corrected chi connectivity index (χ0v) is 8.57. The second kappa shape index (κ2) is 7.75. The Morgan fingerprint density at radius 1 is 1.40 bits per heavy atom. The second-order valence-corrected chi connectivity index (χ2v) is 2.78. The average Bonchev–Trinajstić information content (AvgIpc) is 2.23. The van der Waals surface area contributed by atoms with Gasteiger partial charge in [-0.1, -0.05) is 12.7 Å². The first-order valence-electron chi connectivity index (χ1n) is 4.55. The Kier molecular flexibility index (Phi) is 6.92. The molecule has 3 N–H and O–H groups in total. The van der Waals surface area contributed by atoms with E-state index in [4.69, 9.17) is 5.73 Å². The van der Waals surface area contributed by atoms with Crippen molar-refractivity contribution in [2.24, 2.45) is 5.73 Å². The van der Waals surface area contributed by atoms with Gasteiger partial charge in [-0.15, -0.1) is 6.58 Å². The molecule has 1 atom stereocenters. The summed E-state index contributed by atoms with van der Waals surface area (Å²) < 4.78 is 4.68. The van der Waals surface area contributed by atoms with E-state index in [9.17, 15) is 9.59 Å². The molecule has 0 spiro atoms. The van der Waals surface area contributed by atoms with E-state index < -0.39 is 12.2 Å². The minimum Gasteiger partial charge on any atom is -0.443 e. The van der Waals surface area contributed by atoms with Gasteiger partial charge in [-0.3, -0.25) is 15.3 Å². The molecule has 0 rings (SSSR count). The molecule has 1 amide bonds. The lowest BCUT2D eigenvalue weighted by Crippen LogP contribution is -2.27. The molecule has 0 aromatic rings. The van der Waals surface area contributed by atoms with Crippen LogP contribution in [0.5, 0.6) is 0 Å². The van der Waals surface area contributed by atoms with E-state index in [-0.39, 0.29) is 18.7 Å². The highest BCUT2D eigenvalue weighted by Gasteiger charge is 2.09. The maximum atomic E-state index is 11.0. The van der Waals surface area contributed by atoms with Crippen LogP contribution < -0.4 is 11.1 Å². The molecular formula is C10H16N2O3. The summed E-state index contributed by atoms with van der Waals surface area (Å²) >= 11 is 0. The summed E-state index contributed by atoms with van der Waals surface area (Å²) in [6.07, 6.45) is 2.13. The fraction of sp³-hybridized carbons (Fsp3) is 0.400. The molecular weight excluding hydrogens is 196 g/mol. The molecule has 0 saturated heterocycles. The van der Waals surface area contributed by atoms with Gasteiger partial charge >= 0.3 is 5.97 Å². The van der Waals surface area contributed by atoms with E-state index >= 15 is 0 Å². The van der Waals surface area contributed by atoms with E-state index in [1.165, 1.54) is 6.08 Å². The fourth-order valence-corrected chi connectivity index (χ4v) is 0.749. The van der Waals surface area contributed by atoms with Crippen LogP contribution in [0.15, 0.2) is 25.3 Å². The highest BCUT2D eigenvalue weighted by Crippen LogP contribution is 1.95. The molecule has 0 aromatic heterocycles. The molecule has 15 heavy (non-hydrogen) atoms. The molecule has 5 heteroatoms.